The van der Waals surface area contributed by atoms with Gasteiger partial charge in [-0.05, 0) is 50.3 Å². The minimum absolute atomic E-state index is 0.135. The van der Waals surface area contributed by atoms with Crippen LogP contribution in [0.25, 0.3) is 17.2 Å². The number of carbonyl (C=O) groups is 1. The van der Waals surface area contributed by atoms with Gasteiger partial charge in [-0.25, -0.2) is 23.7 Å². The summed E-state index contributed by atoms with van der Waals surface area (Å²) >= 11 is 0. The summed E-state index contributed by atoms with van der Waals surface area (Å²) in [6.45, 7) is -0.0664. The highest BCUT2D eigenvalue weighted by molar-refractivity contribution is 6.04. The van der Waals surface area contributed by atoms with Gasteiger partial charge in [0.1, 0.15) is 36.4 Å². The normalized spacial score (nSPS) is 14.9. The molecule has 1 aromatic carbocycles. The van der Waals surface area contributed by atoms with Crippen molar-refractivity contribution in [1.29, 1.82) is 0 Å². The average Bonchev–Trinajstić information content (AvgIpc) is 3.48. The first-order valence-corrected chi connectivity index (χ1v) is 12.5. The molecule has 4 aromatic rings. The fourth-order valence-electron chi connectivity index (χ4n) is 4.70. The number of carbonyl (C=O) groups excluding carboxylic acids is 1. The Hall–Kier alpha value is -4.08. The number of rotatable bonds is 8. The summed E-state index contributed by atoms with van der Waals surface area (Å²) in [6.07, 6.45) is 10.7. The summed E-state index contributed by atoms with van der Waals surface area (Å²) in [5, 5.41) is 2.70. The van der Waals surface area contributed by atoms with Crippen molar-refractivity contribution in [3.8, 4) is 23.0 Å². The molecule has 0 spiro atoms. The van der Waals surface area contributed by atoms with Crippen LogP contribution < -0.4 is 10.1 Å². The number of hydrogen-bond acceptors (Lipinski definition) is 5. The van der Waals surface area contributed by atoms with Gasteiger partial charge in [-0.3, -0.25) is 4.79 Å². The van der Waals surface area contributed by atoms with E-state index in [1.165, 1.54) is 11.8 Å². The molecule has 1 aliphatic carbocycles. The second-order valence-corrected chi connectivity index (χ2v) is 9.36. The van der Waals surface area contributed by atoms with Crippen LogP contribution in [0.5, 0.6) is 5.75 Å². The SMILES string of the molecule is O=C(Nc1cccc(-c2ncc3n2CCCC3)n1)c1cc(-n2cnc(C3CC3)c2)c(OCCF)cc1F. The van der Waals surface area contributed by atoms with Gasteiger partial charge in [0.2, 0.25) is 0 Å². The maximum atomic E-state index is 15.1. The largest absolute Gasteiger partial charge is 0.489 e. The number of benzene rings is 1. The number of halogens is 2. The molecule has 0 saturated heterocycles. The van der Waals surface area contributed by atoms with Gasteiger partial charge in [-0.2, -0.15) is 0 Å². The number of anilines is 1. The first-order valence-electron chi connectivity index (χ1n) is 12.5. The van der Waals surface area contributed by atoms with Crippen LogP contribution in [0.3, 0.4) is 0 Å². The number of alkyl halides is 1. The molecule has 0 radical (unpaired) electrons. The number of imidazole rings is 2. The Balaban J connectivity index is 1.29. The van der Waals surface area contributed by atoms with Crippen LogP contribution in [0.1, 0.15) is 53.3 Å². The highest BCUT2D eigenvalue weighted by Crippen LogP contribution is 2.39. The van der Waals surface area contributed by atoms with Crippen molar-refractivity contribution in [3.63, 3.8) is 0 Å². The lowest BCUT2D eigenvalue weighted by Crippen LogP contribution is -2.16. The second-order valence-electron chi connectivity index (χ2n) is 9.36. The Labute approximate surface area is 212 Å². The predicted molar refractivity (Wildman–Crippen MR) is 133 cm³/mol. The van der Waals surface area contributed by atoms with Crippen LogP contribution in [0, 0.1) is 5.82 Å². The number of ether oxygens (including phenoxy) is 1. The minimum atomic E-state index is -0.781. The van der Waals surface area contributed by atoms with Crippen molar-refractivity contribution in [2.45, 2.75) is 44.6 Å². The van der Waals surface area contributed by atoms with Gasteiger partial charge in [-0.1, -0.05) is 6.07 Å². The smallest absolute Gasteiger partial charge is 0.259 e. The number of aryl methyl sites for hydroxylation is 1. The van der Waals surface area contributed by atoms with Crippen LogP contribution in [0.15, 0.2) is 49.1 Å². The quantitative estimate of drug-likeness (QED) is 0.362. The summed E-state index contributed by atoms with van der Waals surface area (Å²) in [5.74, 6) is 0.145. The molecule has 1 saturated carbocycles. The van der Waals surface area contributed by atoms with Crippen LogP contribution in [0.2, 0.25) is 0 Å². The molecule has 1 fully saturated rings. The van der Waals surface area contributed by atoms with Crippen molar-refractivity contribution in [3.05, 3.63) is 71.8 Å². The minimum Gasteiger partial charge on any atom is -0.489 e. The molecule has 190 valence electrons. The van der Waals surface area contributed by atoms with Crippen LogP contribution in [-0.4, -0.2) is 43.3 Å². The number of amides is 1. The van der Waals surface area contributed by atoms with Crippen LogP contribution in [0.4, 0.5) is 14.6 Å². The molecule has 0 bridgehead atoms. The second kappa shape index (κ2) is 9.76. The Morgan fingerprint density at radius 3 is 2.92 bits per heavy atom. The molecule has 6 rings (SSSR count). The zero-order chi connectivity index (χ0) is 25.4. The van der Waals surface area contributed by atoms with Gasteiger partial charge in [0.25, 0.3) is 5.91 Å². The number of hydrogen-bond donors (Lipinski definition) is 1. The maximum Gasteiger partial charge on any atom is 0.259 e. The van der Waals surface area contributed by atoms with E-state index in [-0.39, 0.29) is 23.7 Å². The topological polar surface area (TPSA) is 86.9 Å². The molecule has 1 aliphatic heterocycles. The third-order valence-electron chi connectivity index (χ3n) is 6.73. The Bertz CT molecular complexity index is 1460. The van der Waals surface area contributed by atoms with E-state index in [1.807, 2.05) is 18.5 Å². The number of fused-ring (bicyclic) bond motifs is 1. The number of nitrogens with zero attached hydrogens (tertiary/aromatic N) is 5. The van der Waals surface area contributed by atoms with Gasteiger partial charge in [0, 0.05) is 36.6 Å². The summed E-state index contributed by atoms with van der Waals surface area (Å²) in [4.78, 5) is 26.7. The molecule has 4 heterocycles. The molecule has 3 aromatic heterocycles. The molecule has 1 amide bonds. The molecule has 1 N–H and O–H groups in total. The Morgan fingerprint density at radius 2 is 2.08 bits per heavy atom. The molecular weight excluding hydrogens is 478 g/mol. The highest BCUT2D eigenvalue weighted by atomic mass is 19.1. The average molecular weight is 505 g/mol. The van der Waals surface area contributed by atoms with Gasteiger partial charge in [0.15, 0.2) is 5.82 Å². The molecule has 10 heteroatoms. The zero-order valence-corrected chi connectivity index (χ0v) is 20.2. The zero-order valence-electron chi connectivity index (χ0n) is 20.2. The first kappa shape index (κ1) is 23.3. The van der Waals surface area contributed by atoms with Gasteiger partial charge < -0.3 is 19.2 Å². The van der Waals surface area contributed by atoms with E-state index in [0.717, 1.165) is 56.2 Å². The molecule has 8 nitrogen and oxygen atoms in total. The summed E-state index contributed by atoms with van der Waals surface area (Å²) in [7, 11) is 0. The summed E-state index contributed by atoms with van der Waals surface area (Å²) in [6, 6.07) is 7.77. The fraction of sp³-hybridized carbons (Fsp3) is 0.333. The van der Waals surface area contributed by atoms with Gasteiger partial charge in [-0.15, -0.1) is 0 Å². The fourth-order valence-corrected chi connectivity index (χ4v) is 4.70. The predicted octanol–water partition coefficient (Wildman–Crippen LogP) is 5.08. The van der Waals surface area contributed by atoms with Gasteiger partial charge >= 0.3 is 0 Å². The number of nitrogens with one attached hydrogen (secondary N) is 1. The molecular formula is C27H26F2N6O2. The molecule has 0 atom stereocenters. The van der Waals surface area contributed by atoms with Gasteiger partial charge in [0.05, 0.1) is 23.3 Å². The molecule has 37 heavy (non-hydrogen) atoms. The first-order chi connectivity index (χ1) is 18.1. The number of pyridine rings is 1. The van der Waals surface area contributed by atoms with E-state index in [0.29, 0.717) is 17.3 Å². The maximum absolute atomic E-state index is 15.1. The van der Waals surface area contributed by atoms with Crippen molar-refractivity contribution in [2.75, 3.05) is 18.6 Å². The van der Waals surface area contributed by atoms with Crippen LogP contribution in [-0.2, 0) is 13.0 Å². The van der Waals surface area contributed by atoms with Crippen molar-refractivity contribution in [2.24, 2.45) is 0 Å². The van der Waals surface area contributed by atoms with E-state index in [1.54, 1.807) is 23.0 Å². The van der Waals surface area contributed by atoms with E-state index in [4.69, 9.17) is 4.74 Å². The van der Waals surface area contributed by atoms with Crippen LogP contribution >= 0.6 is 0 Å². The third kappa shape index (κ3) is 4.71. The van der Waals surface area contributed by atoms with E-state index in [2.05, 4.69) is 24.8 Å². The monoisotopic (exact) mass is 504 g/mol. The van der Waals surface area contributed by atoms with Crippen molar-refractivity contribution >= 4 is 11.7 Å². The standard InChI is InChI=1S/C27H26F2N6O2/c28-9-11-37-24-13-20(29)19(12-23(24)34-15-22(31-16-34)17-7-8-17)27(36)33-25-6-3-5-21(32-25)26-30-14-18-4-1-2-10-35(18)26/h3,5-6,12-17H,1-2,4,7-11H2,(H,32,33,36). The molecule has 2 aliphatic rings. The molecule has 0 unspecified atom stereocenters. The van der Waals surface area contributed by atoms with Crippen molar-refractivity contribution < 1.29 is 18.3 Å². The van der Waals surface area contributed by atoms with E-state index in [9.17, 15) is 9.18 Å². The lowest BCUT2D eigenvalue weighted by atomic mass is 10.1. The van der Waals surface area contributed by atoms with E-state index < -0.39 is 18.4 Å². The Morgan fingerprint density at radius 1 is 1.19 bits per heavy atom. The summed E-state index contributed by atoms with van der Waals surface area (Å²) in [5.41, 5.74) is 2.95. The summed E-state index contributed by atoms with van der Waals surface area (Å²) < 4.78 is 37.1. The Kier molecular flexibility index (Phi) is 6.15. The third-order valence-corrected chi connectivity index (χ3v) is 6.73. The van der Waals surface area contributed by atoms with Crippen molar-refractivity contribution in [1.82, 2.24) is 24.1 Å². The lowest BCUT2D eigenvalue weighted by Gasteiger charge is -2.16. The van der Waals surface area contributed by atoms with E-state index >= 15 is 4.39 Å². The lowest BCUT2D eigenvalue weighted by molar-refractivity contribution is 0.102. The highest BCUT2D eigenvalue weighted by Gasteiger charge is 2.27. The number of aromatic nitrogens is 5.